The molecule has 1 amide bonds. The number of aromatic nitrogens is 2. The van der Waals surface area contributed by atoms with Crippen LogP contribution in [0.5, 0.6) is 0 Å². The number of nitrogens with zero attached hydrogens (tertiary/aromatic N) is 2. The Balaban J connectivity index is 2.00. The number of hydrogen-bond donors (Lipinski definition) is 2. The summed E-state index contributed by atoms with van der Waals surface area (Å²) in [6.45, 7) is 2.58. The van der Waals surface area contributed by atoms with Gasteiger partial charge in [-0.25, -0.2) is 0 Å². The summed E-state index contributed by atoms with van der Waals surface area (Å²) in [7, 11) is 0. The van der Waals surface area contributed by atoms with Gasteiger partial charge in [0, 0.05) is 11.8 Å². The van der Waals surface area contributed by atoms with E-state index in [4.69, 9.17) is 5.73 Å². The van der Waals surface area contributed by atoms with Crippen LogP contribution in [-0.2, 0) is 4.79 Å². The number of benzene rings is 1. The lowest BCUT2D eigenvalue weighted by atomic mass is 10.2. The van der Waals surface area contributed by atoms with Gasteiger partial charge < -0.3 is 11.1 Å². The normalized spacial score (nSPS) is 12.6. The summed E-state index contributed by atoms with van der Waals surface area (Å²) in [4.78, 5) is 11.8. The second-order valence-electron chi connectivity index (χ2n) is 3.84. The number of fused-ring (bicyclic) bond motifs is 1. The van der Waals surface area contributed by atoms with Gasteiger partial charge in [0.1, 0.15) is 11.0 Å². The zero-order chi connectivity index (χ0) is 13.0. The minimum atomic E-state index is -0.0409. The molecule has 1 aromatic heterocycles. The van der Waals surface area contributed by atoms with E-state index < -0.39 is 0 Å². The fourth-order valence-electron chi connectivity index (χ4n) is 1.38. The van der Waals surface area contributed by atoms with Crippen LogP contribution in [0.1, 0.15) is 6.92 Å². The summed E-state index contributed by atoms with van der Waals surface area (Å²) < 4.78 is 8.30. The van der Waals surface area contributed by atoms with Crippen LogP contribution < -0.4 is 11.1 Å². The lowest BCUT2D eigenvalue weighted by Crippen LogP contribution is -2.19. The van der Waals surface area contributed by atoms with E-state index in [1.165, 1.54) is 0 Å². The van der Waals surface area contributed by atoms with Gasteiger partial charge >= 0.3 is 0 Å². The van der Waals surface area contributed by atoms with Crippen LogP contribution in [-0.4, -0.2) is 32.2 Å². The topological polar surface area (TPSA) is 80.9 Å². The van der Waals surface area contributed by atoms with Crippen molar-refractivity contribution < 1.29 is 4.79 Å². The van der Waals surface area contributed by atoms with Crippen molar-refractivity contribution >= 4 is 46.1 Å². The third-order valence-electron chi connectivity index (χ3n) is 2.39. The quantitative estimate of drug-likeness (QED) is 0.872. The molecule has 1 atom stereocenters. The smallest absolute Gasteiger partial charge is 0.234 e. The van der Waals surface area contributed by atoms with Crippen molar-refractivity contribution in [3.63, 3.8) is 0 Å². The second-order valence-corrected chi connectivity index (χ2v) is 5.80. The number of carbonyl (C=O) groups is 1. The van der Waals surface area contributed by atoms with E-state index in [9.17, 15) is 4.79 Å². The first-order valence-electron chi connectivity index (χ1n) is 5.53. The number of thioether (sulfide) groups is 1. The molecule has 0 fully saturated rings. The molecule has 2 rings (SSSR count). The highest BCUT2D eigenvalue weighted by atomic mass is 32.2. The van der Waals surface area contributed by atoms with Crippen molar-refractivity contribution in [3.05, 3.63) is 18.2 Å². The fraction of sp³-hybridized carbons (Fsp3) is 0.364. The molecule has 3 N–H and O–H groups in total. The van der Waals surface area contributed by atoms with Crippen molar-refractivity contribution in [1.82, 2.24) is 8.75 Å². The van der Waals surface area contributed by atoms with Gasteiger partial charge in [-0.05, 0) is 12.1 Å². The van der Waals surface area contributed by atoms with Gasteiger partial charge in [-0.1, -0.05) is 13.0 Å². The molecule has 18 heavy (non-hydrogen) atoms. The largest absolute Gasteiger partial charge is 0.329 e. The molecule has 0 radical (unpaired) electrons. The van der Waals surface area contributed by atoms with E-state index in [0.717, 1.165) is 22.8 Å². The number of carbonyl (C=O) groups excluding carboxylic acids is 1. The Kier molecular flexibility index (Phi) is 4.51. The first-order valence-corrected chi connectivity index (χ1v) is 7.31. The molecule has 1 unspecified atom stereocenters. The molecule has 0 spiro atoms. The maximum atomic E-state index is 11.8. The average Bonchev–Trinajstić information content (AvgIpc) is 2.85. The Morgan fingerprint density at radius 1 is 1.56 bits per heavy atom. The highest BCUT2D eigenvalue weighted by Gasteiger charge is 2.09. The van der Waals surface area contributed by atoms with E-state index in [2.05, 4.69) is 14.1 Å². The molecule has 0 saturated heterocycles. The Bertz CT molecular complexity index is 543. The number of nitrogens with two attached hydrogens (primary N) is 1. The minimum absolute atomic E-state index is 0.0409. The van der Waals surface area contributed by atoms with Crippen LogP contribution in [0.2, 0.25) is 0 Å². The molecule has 96 valence electrons. The van der Waals surface area contributed by atoms with Crippen LogP contribution >= 0.6 is 23.5 Å². The minimum Gasteiger partial charge on any atom is -0.329 e. The number of anilines is 1. The molecule has 0 bridgehead atoms. The van der Waals surface area contributed by atoms with Gasteiger partial charge in [0.05, 0.1) is 23.2 Å². The first-order chi connectivity index (χ1) is 8.70. The molecular weight excluding hydrogens is 268 g/mol. The Morgan fingerprint density at radius 3 is 3.17 bits per heavy atom. The Hall–Kier alpha value is -1.18. The van der Waals surface area contributed by atoms with Crippen molar-refractivity contribution in [2.24, 2.45) is 5.73 Å². The molecule has 5 nitrogen and oxygen atoms in total. The highest BCUT2D eigenvalue weighted by molar-refractivity contribution is 8.00. The van der Waals surface area contributed by atoms with E-state index in [-0.39, 0.29) is 11.2 Å². The van der Waals surface area contributed by atoms with Crippen LogP contribution in [0.3, 0.4) is 0 Å². The van der Waals surface area contributed by atoms with Crippen LogP contribution in [0, 0.1) is 0 Å². The SMILES string of the molecule is CC(CN)SCC(=O)Nc1cccc2nsnc12. The molecule has 0 saturated carbocycles. The summed E-state index contributed by atoms with van der Waals surface area (Å²) >= 11 is 2.68. The molecule has 0 aliphatic heterocycles. The highest BCUT2D eigenvalue weighted by Crippen LogP contribution is 2.21. The fourth-order valence-corrected chi connectivity index (χ4v) is 2.57. The van der Waals surface area contributed by atoms with Crippen LogP contribution in [0.4, 0.5) is 5.69 Å². The van der Waals surface area contributed by atoms with Crippen LogP contribution in [0.25, 0.3) is 11.0 Å². The zero-order valence-electron chi connectivity index (χ0n) is 9.92. The number of hydrogen-bond acceptors (Lipinski definition) is 6. The summed E-state index contributed by atoms with van der Waals surface area (Å²) in [6.07, 6.45) is 0. The van der Waals surface area contributed by atoms with Gasteiger partial charge in [0.2, 0.25) is 5.91 Å². The molecular formula is C11H14N4OS2. The van der Waals surface area contributed by atoms with Gasteiger partial charge in [0.15, 0.2) is 0 Å². The number of rotatable bonds is 5. The standard InChI is InChI=1S/C11H14N4OS2/c1-7(5-12)17-6-10(16)13-8-3-2-4-9-11(8)15-18-14-9/h2-4,7H,5-6,12H2,1H3,(H,13,16). The van der Waals surface area contributed by atoms with Crippen molar-refractivity contribution in [1.29, 1.82) is 0 Å². The third kappa shape index (κ3) is 3.18. The monoisotopic (exact) mass is 282 g/mol. The molecule has 1 aromatic carbocycles. The van der Waals surface area contributed by atoms with E-state index in [1.54, 1.807) is 11.8 Å². The lowest BCUT2D eigenvalue weighted by molar-refractivity contribution is -0.113. The third-order valence-corrected chi connectivity index (χ3v) is 4.12. The van der Waals surface area contributed by atoms with Gasteiger partial charge in [-0.2, -0.15) is 8.75 Å². The first kappa shape index (κ1) is 13.3. The summed E-state index contributed by atoms with van der Waals surface area (Å²) in [5.74, 6) is 0.354. The van der Waals surface area contributed by atoms with E-state index in [1.807, 2.05) is 25.1 Å². The maximum Gasteiger partial charge on any atom is 0.234 e. The molecule has 2 aromatic rings. The van der Waals surface area contributed by atoms with Gasteiger partial charge in [0.25, 0.3) is 0 Å². The summed E-state index contributed by atoms with van der Waals surface area (Å²) in [6, 6.07) is 5.56. The zero-order valence-corrected chi connectivity index (χ0v) is 11.6. The van der Waals surface area contributed by atoms with E-state index in [0.29, 0.717) is 18.0 Å². The van der Waals surface area contributed by atoms with Crippen molar-refractivity contribution in [2.75, 3.05) is 17.6 Å². The average molecular weight is 282 g/mol. The molecule has 0 aliphatic carbocycles. The van der Waals surface area contributed by atoms with Crippen molar-refractivity contribution in [2.45, 2.75) is 12.2 Å². The Labute approximate surface area is 113 Å². The maximum absolute atomic E-state index is 11.8. The molecule has 1 heterocycles. The van der Waals surface area contributed by atoms with Crippen LogP contribution in [0.15, 0.2) is 18.2 Å². The van der Waals surface area contributed by atoms with Gasteiger partial charge in [-0.3, -0.25) is 4.79 Å². The summed E-state index contributed by atoms with van der Waals surface area (Å²) in [5, 5.41) is 3.14. The Morgan fingerprint density at radius 2 is 2.39 bits per heavy atom. The predicted octanol–water partition coefficient (Wildman–Crippen LogP) is 1.71. The number of amides is 1. The predicted molar refractivity (Wildman–Crippen MR) is 77.0 cm³/mol. The number of nitrogens with one attached hydrogen (secondary N) is 1. The second kappa shape index (κ2) is 6.12. The lowest BCUT2D eigenvalue weighted by Gasteiger charge is -2.08. The van der Waals surface area contributed by atoms with E-state index >= 15 is 0 Å². The van der Waals surface area contributed by atoms with Crippen molar-refractivity contribution in [3.8, 4) is 0 Å². The molecule has 0 aliphatic rings. The van der Waals surface area contributed by atoms with Gasteiger partial charge in [-0.15, -0.1) is 11.8 Å². The summed E-state index contributed by atoms with van der Waals surface area (Å²) in [5.41, 5.74) is 7.77. The molecule has 7 heteroatoms.